The summed E-state index contributed by atoms with van der Waals surface area (Å²) in [6, 6.07) is 6.93. The van der Waals surface area contributed by atoms with Gasteiger partial charge >= 0.3 is 0 Å². The van der Waals surface area contributed by atoms with Crippen LogP contribution in [0.25, 0.3) is 0 Å². The van der Waals surface area contributed by atoms with E-state index in [1.165, 1.54) is 4.90 Å². The first-order valence-electron chi connectivity index (χ1n) is 6.38. The highest BCUT2D eigenvalue weighted by atomic mass is 16.2. The summed E-state index contributed by atoms with van der Waals surface area (Å²) in [5.41, 5.74) is 1.49. The van der Waals surface area contributed by atoms with Crippen molar-refractivity contribution < 1.29 is 14.4 Å². The van der Waals surface area contributed by atoms with Crippen LogP contribution >= 0.6 is 0 Å². The maximum Gasteiger partial charge on any atom is 0.249 e. The molecular formula is C14H17N3O3. The molecule has 1 N–H and O–H groups in total. The van der Waals surface area contributed by atoms with Crippen LogP contribution in [0.4, 0.5) is 11.4 Å². The molecule has 1 aromatic carbocycles. The van der Waals surface area contributed by atoms with Crippen molar-refractivity contribution in [3.8, 4) is 0 Å². The minimum Gasteiger partial charge on any atom is -0.361 e. The second kappa shape index (κ2) is 5.73. The van der Waals surface area contributed by atoms with Crippen LogP contribution in [0.2, 0.25) is 0 Å². The minimum absolute atomic E-state index is 0.238. The summed E-state index contributed by atoms with van der Waals surface area (Å²) in [5.74, 6) is -0.537. The van der Waals surface area contributed by atoms with Crippen LogP contribution in [-0.4, -0.2) is 38.4 Å². The fourth-order valence-corrected chi connectivity index (χ4v) is 2.34. The predicted octanol–water partition coefficient (Wildman–Crippen LogP) is 0.521. The van der Waals surface area contributed by atoms with E-state index < -0.39 is 6.04 Å². The van der Waals surface area contributed by atoms with Gasteiger partial charge in [0.1, 0.15) is 6.04 Å². The standard InChI is InChI=1S/C14H17N3O3/c1-16(9-18)10-5-3-4-6-11(10)17(2)12-7-8-13(19)15-14(12)20/h3-6,9,12H,7-8H2,1-2H3,(H,15,19,20). The van der Waals surface area contributed by atoms with Crippen molar-refractivity contribution >= 4 is 29.6 Å². The van der Waals surface area contributed by atoms with Gasteiger partial charge in [0.05, 0.1) is 11.4 Å². The zero-order chi connectivity index (χ0) is 14.7. The highest BCUT2D eigenvalue weighted by Gasteiger charge is 2.31. The molecule has 1 heterocycles. The number of nitrogens with one attached hydrogen (secondary N) is 1. The van der Waals surface area contributed by atoms with E-state index in [2.05, 4.69) is 5.32 Å². The topological polar surface area (TPSA) is 69.7 Å². The summed E-state index contributed by atoms with van der Waals surface area (Å²) >= 11 is 0. The molecule has 3 amide bonds. The molecule has 0 spiro atoms. The van der Waals surface area contributed by atoms with Gasteiger partial charge in [0.2, 0.25) is 18.2 Å². The molecule has 0 saturated carbocycles. The van der Waals surface area contributed by atoms with E-state index in [9.17, 15) is 14.4 Å². The molecule has 1 unspecified atom stereocenters. The van der Waals surface area contributed by atoms with E-state index in [1.54, 1.807) is 19.0 Å². The summed E-state index contributed by atoms with van der Waals surface area (Å²) in [4.78, 5) is 37.3. The molecule has 1 aliphatic heterocycles. The van der Waals surface area contributed by atoms with Gasteiger partial charge in [-0.25, -0.2) is 0 Å². The minimum atomic E-state index is -0.408. The van der Waals surface area contributed by atoms with E-state index in [0.29, 0.717) is 12.8 Å². The Bertz CT molecular complexity index is 544. The van der Waals surface area contributed by atoms with Gasteiger partial charge in [-0.1, -0.05) is 12.1 Å². The Morgan fingerprint density at radius 2 is 1.85 bits per heavy atom. The number of hydrogen-bond acceptors (Lipinski definition) is 4. The number of benzene rings is 1. The molecule has 2 rings (SSSR count). The smallest absolute Gasteiger partial charge is 0.249 e. The molecule has 1 saturated heterocycles. The quantitative estimate of drug-likeness (QED) is 0.642. The summed E-state index contributed by atoms with van der Waals surface area (Å²) < 4.78 is 0. The number of anilines is 2. The number of likely N-dealkylation sites (N-methyl/N-ethyl adjacent to an activating group) is 1. The first-order valence-corrected chi connectivity index (χ1v) is 6.38. The fourth-order valence-electron chi connectivity index (χ4n) is 2.34. The number of piperidine rings is 1. The zero-order valence-electron chi connectivity index (χ0n) is 11.5. The van der Waals surface area contributed by atoms with Gasteiger partial charge in [-0.15, -0.1) is 0 Å². The first-order chi connectivity index (χ1) is 9.54. The summed E-state index contributed by atoms with van der Waals surface area (Å²) in [5, 5.41) is 2.34. The number of hydrogen-bond donors (Lipinski definition) is 1. The normalized spacial score (nSPS) is 18.4. The average molecular weight is 275 g/mol. The molecule has 0 bridgehead atoms. The number of carbonyl (C=O) groups is 3. The Kier molecular flexibility index (Phi) is 4.02. The second-order valence-electron chi connectivity index (χ2n) is 4.78. The summed E-state index contributed by atoms with van der Waals surface area (Å²) in [7, 11) is 3.45. The fraction of sp³-hybridized carbons (Fsp3) is 0.357. The highest BCUT2D eigenvalue weighted by Crippen LogP contribution is 2.29. The van der Waals surface area contributed by atoms with Gasteiger partial charge < -0.3 is 9.80 Å². The van der Waals surface area contributed by atoms with Crippen LogP contribution in [-0.2, 0) is 14.4 Å². The van der Waals surface area contributed by atoms with Crippen molar-refractivity contribution in [2.24, 2.45) is 0 Å². The molecule has 106 valence electrons. The van der Waals surface area contributed by atoms with E-state index >= 15 is 0 Å². The van der Waals surface area contributed by atoms with Crippen molar-refractivity contribution in [3.05, 3.63) is 24.3 Å². The van der Waals surface area contributed by atoms with Crippen LogP contribution in [0.15, 0.2) is 24.3 Å². The summed E-state index contributed by atoms with van der Waals surface area (Å²) in [6.45, 7) is 0. The molecule has 1 fully saturated rings. The van der Waals surface area contributed by atoms with Crippen molar-refractivity contribution in [1.82, 2.24) is 5.32 Å². The Morgan fingerprint density at radius 3 is 2.45 bits per heavy atom. The monoisotopic (exact) mass is 275 g/mol. The molecule has 1 aromatic rings. The number of imide groups is 1. The molecular weight excluding hydrogens is 258 g/mol. The molecule has 1 aliphatic rings. The molecule has 1 atom stereocenters. The third-order valence-corrected chi connectivity index (χ3v) is 3.48. The summed E-state index contributed by atoms with van der Waals surface area (Å²) in [6.07, 6.45) is 1.52. The third-order valence-electron chi connectivity index (χ3n) is 3.48. The lowest BCUT2D eigenvalue weighted by Gasteiger charge is -2.33. The van der Waals surface area contributed by atoms with Crippen LogP contribution in [0.1, 0.15) is 12.8 Å². The molecule has 20 heavy (non-hydrogen) atoms. The SMILES string of the molecule is CN(C=O)c1ccccc1N(C)C1CCC(=O)NC1=O. The van der Waals surface area contributed by atoms with Gasteiger partial charge in [0.25, 0.3) is 0 Å². The Morgan fingerprint density at radius 1 is 1.20 bits per heavy atom. The number of amides is 3. The Labute approximate surface area is 117 Å². The van der Waals surface area contributed by atoms with Crippen molar-refractivity contribution in [3.63, 3.8) is 0 Å². The average Bonchev–Trinajstić information content (AvgIpc) is 2.46. The van der Waals surface area contributed by atoms with E-state index in [-0.39, 0.29) is 11.8 Å². The molecule has 6 nitrogen and oxygen atoms in total. The van der Waals surface area contributed by atoms with E-state index in [1.807, 2.05) is 24.3 Å². The van der Waals surface area contributed by atoms with Crippen molar-refractivity contribution in [2.45, 2.75) is 18.9 Å². The van der Waals surface area contributed by atoms with Crippen LogP contribution in [0, 0.1) is 0 Å². The highest BCUT2D eigenvalue weighted by molar-refractivity contribution is 6.02. The second-order valence-corrected chi connectivity index (χ2v) is 4.78. The van der Waals surface area contributed by atoms with E-state index in [0.717, 1.165) is 17.8 Å². The number of para-hydroxylation sites is 2. The lowest BCUT2D eigenvalue weighted by Crippen LogP contribution is -2.51. The predicted molar refractivity (Wildman–Crippen MR) is 75.5 cm³/mol. The maximum absolute atomic E-state index is 11.9. The number of carbonyl (C=O) groups excluding carboxylic acids is 3. The van der Waals surface area contributed by atoms with Gasteiger partial charge in [0.15, 0.2) is 0 Å². The van der Waals surface area contributed by atoms with Gasteiger partial charge in [-0.2, -0.15) is 0 Å². The molecule has 0 radical (unpaired) electrons. The number of nitrogens with zero attached hydrogens (tertiary/aromatic N) is 2. The van der Waals surface area contributed by atoms with Crippen LogP contribution < -0.4 is 15.1 Å². The molecule has 0 aromatic heterocycles. The third kappa shape index (κ3) is 2.64. The zero-order valence-corrected chi connectivity index (χ0v) is 11.5. The van der Waals surface area contributed by atoms with Gasteiger partial charge in [0, 0.05) is 20.5 Å². The lowest BCUT2D eigenvalue weighted by molar-refractivity contribution is -0.134. The van der Waals surface area contributed by atoms with Crippen LogP contribution in [0.5, 0.6) is 0 Å². The van der Waals surface area contributed by atoms with Gasteiger partial charge in [-0.05, 0) is 18.6 Å². The lowest BCUT2D eigenvalue weighted by atomic mass is 10.0. The van der Waals surface area contributed by atoms with Gasteiger partial charge in [-0.3, -0.25) is 19.7 Å². The van der Waals surface area contributed by atoms with E-state index in [4.69, 9.17) is 0 Å². The Balaban J connectivity index is 2.29. The molecule has 0 aliphatic carbocycles. The maximum atomic E-state index is 11.9. The molecule has 6 heteroatoms. The van der Waals surface area contributed by atoms with Crippen LogP contribution in [0.3, 0.4) is 0 Å². The largest absolute Gasteiger partial charge is 0.361 e. The van der Waals surface area contributed by atoms with Crippen molar-refractivity contribution in [2.75, 3.05) is 23.9 Å². The van der Waals surface area contributed by atoms with Crippen molar-refractivity contribution in [1.29, 1.82) is 0 Å². The Hall–Kier alpha value is -2.37. The first kappa shape index (κ1) is 14.0. The number of rotatable bonds is 4.